The third-order valence-electron chi connectivity index (χ3n) is 4.84. The smallest absolute Gasteiger partial charge is 0.224 e. The first-order valence-electron chi connectivity index (χ1n) is 7.38. The summed E-state index contributed by atoms with van der Waals surface area (Å²) in [6, 6.07) is 8.13. The molecule has 1 saturated heterocycles. The van der Waals surface area contributed by atoms with Gasteiger partial charge in [0, 0.05) is 10.4 Å². The third-order valence-corrected chi connectivity index (χ3v) is 5.56. The van der Waals surface area contributed by atoms with Crippen LogP contribution in [0.1, 0.15) is 37.8 Å². The molecule has 2 N–H and O–H groups in total. The topological polar surface area (TPSA) is 41.1 Å². The van der Waals surface area contributed by atoms with Crippen LogP contribution >= 0.6 is 15.9 Å². The van der Waals surface area contributed by atoms with Gasteiger partial charge in [-0.05, 0) is 56.3 Å². The summed E-state index contributed by atoms with van der Waals surface area (Å²) in [4.78, 5) is 12.4. The molecule has 0 radical (unpaired) electrons. The Balaban J connectivity index is 1.61. The average Bonchev–Trinajstić information content (AvgIpc) is 3.13. The van der Waals surface area contributed by atoms with Crippen LogP contribution in [-0.2, 0) is 4.79 Å². The van der Waals surface area contributed by atoms with Crippen molar-refractivity contribution >= 4 is 21.8 Å². The SMILES string of the molecule is C[C@H](NC(=O)C1CC12CCNCC2)c1ccccc1Br. The molecular formula is C16H21BrN2O. The highest BCUT2D eigenvalue weighted by molar-refractivity contribution is 9.10. The van der Waals surface area contributed by atoms with E-state index in [1.807, 2.05) is 18.2 Å². The van der Waals surface area contributed by atoms with E-state index in [4.69, 9.17) is 0 Å². The summed E-state index contributed by atoms with van der Waals surface area (Å²) in [6.07, 6.45) is 3.37. The van der Waals surface area contributed by atoms with Gasteiger partial charge in [-0.2, -0.15) is 0 Å². The van der Waals surface area contributed by atoms with E-state index < -0.39 is 0 Å². The molecule has 2 atom stereocenters. The number of hydrogen-bond donors (Lipinski definition) is 2. The summed E-state index contributed by atoms with van der Waals surface area (Å²) in [5, 5.41) is 6.56. The number of piperidine rings is 1. The quantitative estimate of drug-likeness (QED) is 0.890. The zero-order chi connectivity index (χ0) is 14.2. The second kappa shape index (κ2) is 5.49. The van der Waals surface area contributed by atoms with Crippen molar-refractivity contribution in [1.82, 2.24) is 10.6 Å². The van der Waals surface area contributed by atoms with Gasteiger partial charge in [-0.25, -0.2) is 0 Å². The Labute approximate surface area is 128 Å². The predicted octanol–water partition coefficient (Wildman–Crippen LogP) is 3.02. The van der Waals surface area contributed by atoms with E-state index in [2.05, 4.69) is 39.6 Å². The van der Waals surface area contributed by atoms with Crippen LogP contribution in [0.3, 0.4) is 0 Å². The lowest BCUT2D eigenvalue weighted by Crippen LogP contribution is -2.34. The lowest BCUT2D eigenvalue weighted by atomic mass is 9.91. The molecule has 4 heteroatoms. The molecule has 1 amide bonds. The second-order valence-electron chi connectivity index (χ2n) is 6.12. The number of carbonyl (C=O) groups excluding carboxylic acids is 1. The highest BCUT2D eigenvalue weighted by Crippen LogP contribution is 2.58. The molecule has 108 valence electrons. The molecule has 0 aromatic heterocycles. The Morgan fingerprint density at radius 2 is 2.10 bits per heavy atom. The molecule has 3 rings (SSSR count). The molecule has 1 saturated carbocycles. The summed E-state index contributed by atoms with van der Waals surface area (Å²) < 4.78 is 1.06. The molecule has 0 bridgehead atoms. The summed E-state index contributed by atoms with van der Waals surface area (Å²) in [5.74, 6) is 0.463. The Hall–Kier alpha value is -0.870. The Bertz CT molecular complexity index is 511. The van der Waals surface area contributed by atoms with Crippen molar-refractivity contribution in [3.8, 4) is 0 Å². The molecule has 2 aliphatic rings. The zero-order valence-electron chi connectivity index (χ0n) is 11.8. The van der Waals surface area contributed by atoms with Crippen molar-refractivity contribution in [2.75, 3.05) is 13.1 Å². The Morgan fingerprint density at radius 3 is 2.80 bits per heavy atom. The average molecular weight is 337 g/mol. The van der Waals surface area contributed by atoms with Crippen LogP contribution in [-0.4, -0.2) is 19.0 Å². The lowest BCUT2D eigenvalue weighted by molar-refractivity contribution is -0.123. The van der Waals surface area contributed by atoms with E-state index in [0.29, 0.717) is 5.41 Å². The summed E-state index contributed by atoms with van der Waals surface area (Å²) in [6.45, 7) is 4.17. The number of benzene rings is 1. The molecule has 1 spiro atoms. The van der Waals surface area contributed by atoms with E-state index in [0.717, 1.165) is 42.4 Å². The van der Waals surface area contributed by atoms with E-state index in [1.165, 1.54) is 0 Å². The van der Waals surface area contributed by atoms with Crippen LogP contribution in [0.2, 0.25) is 0 Å². The van der Waals surface area contributed by atoms with Gasteiger partial charge >= 0.3 is 0 Å². The van der Waals surface area contributed by atoms with E-state index in [-0.39, 0.29) is 17.9 Å². The van der Waals surface area contributed by atoms with Gasteiger partial charge < -0.3 is 10.6 Å². The highest BCUT2D eigenvalue weighted by Gasteiger charge is 2.57. The largest absolute Gasteiger partial charge is 0.349 e. The van der Waals surface area contributed by atoms with Crippen molar-refractivity contribution < 1.29 is 4.79 Å². The predicted molar refractivity (Wildman–Crippen MR) is 83.3 cm³/mol. The molecule has 1 aliphatic carbocycles. The van der Waals surface area contributed by atoms with Crippen LogP contribution in [0, 0.1) is 11.3 Å². The molecule has 2 fully saturated rings. The van der Waals surface area contributed by atoms with Crippen LogP contribution in [0.4, 0.5) is 0 Å². The van der Waals surface area contributed by atoms with Crippen molar-refractivity contribution in [2.45, 2.75) is 32.2 Å². The minimum absolute atomic E-state index is 0.0532. The monoisotopic (exact) mass is 336 g/mol. The number of carbonyl (C=O) groups is 1. The Morgan fingerprint density at radius 1 is 1.40 bits per heavy atom. The van der Waals surface area contributed by atoms with Gasteiger partial charge in [0.15, 0.2) is 0 Å². The molecule has 1 aromatic rings. The second-order valence-corrected chi connectivity index (χ2v) is 6.98. The minimum Gasteiger partial charge on any atom is -0.349 e. The summed E-state index contributed by atoms with van der Waals surface area (Å²) in [7, 11) is 0. The molecule has 3 nitrogen and oxygen atoms in total. The lowest BCUT2D eigenvalue weighted by Gasteiger charge is -2.24. The fourth-order valence-corrected chi connectivity index (χ4v) is 4.04. The normalized spacial score (nSPS) is 25.2. The maximum absolute atomic E-state index is 12.4. The van der Waals surface area contributed by atoms with E-state index >= 15 is 0 Å². The van der Waals surface area contributed by atoms with Gasteiger partial charge in [0.25, 0.3) is 0 Å². The third kappa shape index (κ3) is 2.63. The van der Waals surface area contributed by atoms with E-state index in [1.54, 1.807) is 0 Å². The van der Waals surface area contributed by atoms with Gasteiger partial charge in [-0.15, -0.1) is 0 Å². The van der Waals surface area contributed by atoms with Crippen LogP contribution in [0.5, 0.6) is 0 Å². The first-order chi connectivity index (χ1) is 9.62. The number of hydrogen-bond acceptors (Lipinski definition) is 2. The van der Waals surface area contributed by atoms with Gasteiger partial charge in [-0.3, -0.25) is 4.79 Å². The summed E-state index contributed by atoms with van der Waals surface area (Å²) in [5.41, 5.74) is 1.45. The number of halogens is 1. The van der Waals surface area contributed by atoms with Gasteiger partial charge in [-0.1, -0.05) is 34.1 Å². The van der Waals surface area contributed by atoms with Crippen LogP contribution in [0.25, 0.3) is 0 Å². The molecule has 1 aliphatic heterocycles. The maximum Gasteiger partial charge on any atom is 0.224 e. The van der Waals surface area contributed by atoms with Gasteiger partial charge in [0.05, 0.1) is 6.04 Å². The maximum atomic E-state index is 12.4. The molecule has 20 heavy (non-hydrogen) atoms. The van der Waals surface area contributed by atoms with Crippen molar-refractivity contribution in [3.63, 3.8) is 0 Å². The first-order valence-corrected chi connectivity index (χ1v) is 8.17. The highest BCUT2D eigenvalue weighted by atomic mass is 79.9. The van der Waals surface area contributed by atoms with Gasteiger partial charge in [0.1, 0.15) is 0 Å². The van der Waals surface area contributed by atoms with Gasteiger partial charge in [0.2, 0.25) is 5.91 Å². The van der Waals surface area contributed by atoms with Crippen LogP contribution < -0.4 is 10.6 Å². The summed E-state index contributed by atoms with van der Waals surface area (Å²) >= 11 is 3.55. The molecule has 1 unspecified atom stereocenters. The first kappa shape index (κ1) is 14.1. The number of amides is 1. The van der Waals surface area contributed by atoms with Crippen molar-refractivity contribution in [2.24, 2.45) is 11.3 Å². The Kier molecular flexibility index (Phi) is 3.87. The fourth-order valence-electron chi connectivity index (χ4n) is 3.41. The van der Waals surface area contributed by atoms with Crippen molar-refractivity contribution in [1.29, 1.82) is 0 Å². The van der Waals surface area contributed by atoms with Crippen molar-refractivity contribution in [3.05, 3.63) is 34.3 Å². The van der Waals surface area contributed by atoms with Crippen LogP contribution in [0.15, 0.2) is 28.7 Å². The standard InChI is InChI=1S/C16H21BrN2O/c1-11(12-4-2-3-5-14(12)17)19-15(20)13-10-16(13)6-8-18-9-7-16/h2-5,11,13,18H,6-10H2,1H3,(H,19,20)/t11-,13?/m0/s1. The molecule has 1 heterocycles. The fraction of sp³-hybridized carbons (Fsp3) is 0.562. The number of nitrogens with one attached hydrogen (secondary N) is 2. The molecular weight excluding hydrogens is 316 g/mol. The molecule has 1 aromatic carbocycles. The number of rotatable bonds is 3. The minimum atomic E-state index is 0.0532. The zero-order valence-corrected chi connectivity index (χ0v) is 13.4. The van der Waals surface area contributed by atoms with E-state index in [9.17, 15) is 4.79 Å².